The smallest absolute Gasteiger partial charge is 0.168 e. The zero-order chi connectivity index (χ0) is 21.7. The number of ether oxygens (including phenoxy) is 1. The summed E-state index contributed by atoms with van der Waals surface area (Å²) < 4.78 is 7.89. The molecule has 166 valence electrons. The molecule has 4 aromatic rings. The molecule has 0 aliphatic carbocycles. The second kappa shape index (κ2) is 7.90. The molecule has 0 bridgehead atoms. The fraction of sp³-hybridized carbons (Fsp3) is 0.480. The lowest BCUT2D eigenvalue weighted by atomic mass is 9.90. The quantitative estimate of drug-likeness (QED) is 0.456. The van der Waals surface area contributed by atoms with Gasteiger partial charge in [-0.05, 0) is 63.2 Å². The average Bonchev–Trinajstić information content (AvgIpc) is 3.35. The summed E-state index contributed by atoms with van der Waals surface area (Å²) >= 11 is 1.73. The second-order valence-electron chi connectivity index (χ2n) is 9.86. The van der Waals surface area contributed by atoms with E-state index in [-0.39, 0.29) is 5.60 Å². The summed E-state index contributed by atoms with van der Waals surface area (Å²) in [4.78, 5) is 14.5. The third kappa shape index (κ3) is 3.83. The molecular weight excluding hydrogens is 418 g/mol. The van der Waals surface area contributed by atoms with Crippen LogP contribution in [0, 0.1) is 5.92 Å². The van der Waals surface area contributed by atoms with Crippen molar-refractivity contribution in [3.05, 3.63) is 58.5 Å². The molecule has 0 saturated carbocycles. The van der Waals surface area contributed by atoms with Crippen LogP contribution >= 0.6 is 11.3 Å². The zero-order valence-electron chi connectivity index (χ0n) is 18.8. The first kappa shape index (κ1) is 20.3. The van der Waals surface area contributed by atoms with Gasteiger partial charge in [0.05, 0.1) is 24.1 Å². The van der Waals surface area contributed by atoms with Crippen LogP contribution in [0.5, 0.6) is 0 Å². The molecule has 2 aliphatic rings. The summed E-state index contributed by atoms with van der Waals surface area (Å²) in [5.41, 5.74) is 3.59. The lowest BCUT2D eigenvalue weighted by molar-refractivity contribution is -0.0379. The van der Waals surface area contributed by atoms with Gasteiger partial charge in [-0.25, -0.2) is 14.5 Å². The summed E-state index contributed by atoms with van der Waals surface area (Å²) in [5.74, 6) is 1.67. The molecule has 0 N–H and O–H groups in total. The van der Waals surface area contributed by atoms with Crippen LogP contribution in [0.2, 0.25) is 0 Å². The lowest BCUT2D eigenvalue weighted by Gasteiger charge is -2.31. The van der Waals surface area contributed by atoms with E-state index in [0.717, 1.165) is 48.3 Å². The van der Waals surface area contributed by atoms with E-state index >= 15 is 0 Å². The Morgan fingerprint density at radius 1 is 1.16 bits per heavy atom. The van der Waals surface area contributed by atoms with Crippen LogP contribution in [0.4, 0.5) is 0 Å². The van der Waals surface area contributed by atoms with Crippen LogP contribution in [0.3, 0.4) is 0 Å². The van der Waals surface area contributed by atoms with Crippen LogP contribution in [0.15, 0.2) is 36.7 Å². The summed E-state index contributed by atoms with van der Waals surface area (Å²) in [6, 6.07) is 10.9. The Bertz CT molecular complexity index is 1250. The SMILES string of the molecule is CC1(C)Cc2c(sc3ncn4nc(CN5CCC(Cc6ccccc6)CC5)nc4c23)CO1. The highest BCUT2D eigenvalue weighted by Crippen LogP contribution is 2.39. The number of fused-ring (bicyclic) bond motifs is 5. The molecule has 6 rings (SSSR count). The number of thiophene rings is 1. The molecule has 0 radical (unpaired) electrons. The topological polar surface area (TPSA) is 55.5 Å². The highest BCUT2D eigenvalue weighted by Gasteiger charge is 2.31. The maximum atomic E-state index is 6.02. The van der Waals surface area contributed by atoms with Crippen LogP contribution in [0.25, 0.3) is 15.9 Å². The highest BCUT2D eigenvalue weighted by atomic mass is 32.1. The Labute approximate surface area is 192 Å². The Balaban J connectivity index is 1.19. The number of likely N-dealkylation sites (tertiary alicyclic amines) is 1. The number of benzene rings is 1. The van der Waals surface area contributed by atoms with Crippen LogP contribution in [0.1, 0.15) is 48.5 Å². The minimum Gasteiger partial charge on any atom is -0.370 e. The van der Waals surface area contributed by atoms with Crippen LogP contribution in [-0.2, 0) is 30.7 Å². The fourth-order valence-electron chi connectivity index (χ4n) is 5.15. The first-order chi connectivity index (χ1) is 15.5. The van der Waals surface area contributed by atoms with Crippen molar-refractivity contribution in [2.45, 2.75) is 58.3 Å². The number of piperidine rings is 1. The monoisotopic (exact) mass is 447 g/mol. The van der Waals surface area contributed by atoms with E-state index in [1.807, 2.05) is 10.8 Å². The van der Waals surface area contributed by atoms with E-state index in [2.05, 4.69) is 54.1 Å². The first-order valence-electron chi connectivity index (χ1n) is 11.6. The van der Waals surface area contributed by atoms with Gasteiger partial charge in [0.15, 0.2) is 11.5 Å². The summed E-state index contributed by atoms with van der Waals surface area (Å²) in [6.07, 6.45) is 6.37. The normalized spacial score (nSPS) is 19.6. The molecule has 7 heteroatoms. The molecule has 1 aromatic carbocycles. The highest BCUT2D eigenvalue weighted by molar-refractivity contribution is 7.19. The van der Waals surface area contributed by atoms with Gasteiger partial charge in [0.1, 0.15) is 11.2 Å². The van der Waals surface area contributed by atoms with Gasteiger partial charge in [-0.3, -0.25) is 4.90 Å². The zero-order valence-corrected chi connectivity index (χ0v) is 19.6. The standard InChI is InChI=1S/C25H29N5OS/c1-25(2)13-19-20(15-31-25)32-24-22(19)23-27-21(28-30(23)16-26-24)14-29-10-8-18(9-11-29)12-17-6-4-3-5-7-17/h3-7,16,18H,8-15H2,1-2H3. The molecule has 6 nitrogen and oxygen atoms in total. The van der Waals surface area contributed by atoms with Gasteiger partial charge < -0.3 is 4.74 Å². The number of aromatic nitrogens is 4. The van der Waals surface area contributed by atoms with E-state index in [0.29, 0.717) is 6.61 Å². The molecule has 3 aromatic heterocycles. The maximum absolute atomic E-state index is 6.02. The van der Waals surface area contributed by atoms with E-state index in [1.54, 1.807) is 11.3 Å². The second-order valence-corrected chi connectivity index (χ2v) is 10.9. The summed E-state index contributed by atoms with van der Waals surface area (Å²) in [7, 11) is 0. The molecule has 0 amide bonds. The molecule has 32 heavy (non-hydrogen) atoms. The first-order valence-corrected chi connectivity index (χ1v) is 12.4. The minimum absolute atomic E-state index is 0.152. The van der Waals surface area contributed by atoms with E-state index < -0.39 is 0 Å². The molecule has 0 atom stereocenters. The van der Waals surface area contributed by atoms with Crippen molar-refractivity contribution in [3.63, 3.8) is 0 Å². The largest absolute Gasteiger partial charge is 0.370 e. The molecule has 1 fully saturated rings. The Morgan fingerprint density at radius 2 is 1.97 bits per heavy atom. The summed E-state index contributed by atoms with van der Waals surface area (Å²) in [6.45, 7) is 8.00. The van der Waals surface area contributed by atoms with E-state index in [9.17, 15) is 0 Å². The predicted molar refractivity (Wildman–Crippen MR) is 127 cm³/mol. The Morgan fingerprint density at radius 3 is 2.78 bits per heavy atom. The van der Waals surface area contributed by atoms with E-state index in [4.69, 9.17) is 14.8 Å². The van der Waals surface area contributed by atoms with Gasteiger partial charge in [0.2, 0.25) is 0 Å². The molecule has 0 spiro atoms. The van der Waals surface area contributed by atoms with Crippen molar-refractivity contribution in [1.82, 2.24) is 24.5 Å². The van der Waals surface area contributed by atoms with Crippen molar-refractivity contribution in [1.29, 1.82) is 0 Å². The molecule has 5 heterocycles. The van der Waals surface area contributed by atoms with E-state index in [1.165, 1.54) is 40.7 Å². The average molecular weight is 448 g/mol. The van der Waals surface area contributed by atoms with Crippen LogP contribution < -0.4 is 0 Å². The number of rotatable bonds is 4. The van der Waals surface area contributed by atoms with Gasteiger partial charge in [-0.1, -0.05) is 30.3 Å². The lowest BCUT2D eigenvalue weighted by Crippen LogP contribution is -2.34. The third-order valence-electron chi connectivity index (χ3n) is 6.89. The van der Waals surface area contributed by atoms with Gasteiger partial charge in [-0.15, -0.1) is 16.4 Å². The van der Waals surface area contributed by atoms with Crippen molar-refractivity contribution in [2.75, 3.05) is 13.1 Å². The minimum atomic E-state index is -0.152. The van der Waals surface area contributed by atoms with Crippen molar-refractivity contribution >= 4 is 27.2 Å². The van der Waals surface area contributed by atoms with Gasteiger partial charge in [0, 0.05) is 11.3 Å². The van der Waals surface area contributed by atoms with Crippen molar-refractivity contribution in [3.8, 4) is 0 Å². The molecule has 2 aliphatic heterocycles. The third-order valence-corrected chi connectivity index (χ3v) is 8.00. The fourth-order valence-corrected chi connectivity index (χ4v) is 6.21. The van der Waals surface area contributed by atoms with Crippen molar-refractivity contribution < 1.29 is 4.74 Å². The number of hydrogen-bond donors (Lipinski definition) is 0. The van der Waals surface area contributed by atoms with Gasteiger partial charge >= 0.3 is 0 Å². The van der Waals surface area contributed by atoms with Crippen molar-refractivity contribution in [2.24, 2.45) is 5.92 Å². The van der Waals surface area contributed by atoms with Crippen LogP contribution in [-0.4, -0.2) is 43.2 Å². The molecule has 1 saturated heterocycles. The number of nitrogens with zero attached hydrogens (tertiary/aromatic N) is 5. The Hall–Kier alpha value is -2.35. The maximum Gasteiger partial charge on any atom is 0.168 e. The Kier molecular flexibility index (Phi) is 5.01. The van der Waals surface area contributed by atoms with Gasteiger partial charge in [0.25, 0.3) is 0 Å². The molecule has 0 unspecified atom stereocenters. The summed E-state index contributed by atoms with van der Waals surface area (Å²) in [5, 5.41) is 5.95. The predicted octanol–water partition coefficient (Wildman–Crippen LogP) is 4.65. The number of hydrogen-bond acceptors (Lipinski definition) is 6. The molecular formula is C25H29N5OS. The van der Waals surface area contributed by atoms with Gasteiger partial charge in [-0.2, -0.15) is 0 Å².